The zero-order chi connectivity index (χ0) is 26.0. The predicted molar refractivity (Wildman–Crippen MR) is 143 cm³/mol. The summed E-state index contributed by atoms with van der Waals surface area (Å²) >= 11 is 0. The minimum atomic E-state index is -0.277. The SMILES string of the molecule is COc1ccc(C2NC(C)=C(C(=O)Nc3cccc(C(=O)N(C)C)c3)N2)cc1-c1c(C)cccc1C. The molecule has 0 saturated carbocycles. The first-order valence-electron chi connectivity index (χ1n) is 11.8. The molecule has 3 aromatic rings. The van der Waals surface area contributed by atoms with Crippen LogP contribution in [0.5, 0.6) is 5.75 Å². The van der Waals surface area contributed by atoms with Gasteiger partial charge in [-0.3, -0.25) is 9.59 Å². The van der Waals surface area contributed by atoms with Crippen LogP contribution in [0.15, 0.2) is 72.1 Å². The monoisotopic (exact) mass is 484 g/mol. The Morgan fingerprint density at radius 1 is 0.917 bits per heavy atom. The number of allylic oxidation sites excluding steroid dienone is 1. The number of carbonyl (C=O) groups is 2. The first-order valence-corrected chi connectivity index (χ1v) is 11.8. The maximum Gasteiger partial charge on any atom is 0.273 e. The molecule has 0 aliphatic carbocycles. The number of amides is 2. The quantitative estimate of drug-likeness (QED) is 0.471. The van der Waals surface area contributed by atoms with Gasteiger partial charge in [0.2, 0.25) is 0 Å². The van der Waals surface area contributed by atoms with Crippen molar-refractivity contribution in [2.45, 2.75) is 26.9 Å². The fourth-order valence-corrected chi connectivity index (χ4v) is 4.50. The molecule has 7 nitrogen and oxygen atoms in total. The summed E-state index contributed by atoms with van der Waals surface area (Å²) in [5.74, 6) is 0.394. The largest absolute Gasteiger partial charge is 0.496 e. The third-order valence-electron chi connectivity index (χ3n) is 6.33. The van der Waals surface area contributed by atoms with Crippen LogP contribution in [-0.4, -0.2) is 37.9 Å². The number of carbonyl (C=O) groups excluding carboxylic acids is 2. The summed E-state index contributed by atoms with van der Waals surface area (Å²) in [7, 11) is 5.06. The Morgan fingerprint density at radius 3 is 2.28 bits per heavy atom. The van der Waals surface area contributed by atoms with Gasteiger partial charge in [-0.05, 0) is 73.4 Å². The molecule has 4 rings (SSSR count). The highest BCUT2D eigenvalue weighted by Crippen LogP contribution is 2.37. The molecule has 3 N–H and O–H groups in total. The minimum absolute atomic E-state index is 0.124. The lowest BCUT2D eigenvalue weighted by Gasteiger charge is -2.19. The zero-order valence-electron chi connectivity index (χ0n) is 21.5. The van der Waals surface area contributed by atoms with Crippen LogP contribution in [0.4, 0.5) is 5.69 Å². The molecule has 7 heteroatoms. The Labute approximate surface area is 212 Å². The molecule has 1 atom stereocenters. The van der Waals surface area contributed by atoms with Gasteiger partial charge in [0.25, 0.3) is 11.8 Å². The smallest absolute Gasteiger partial charge is 0.273 e. The molecule has 1 heterocycles. The number of nitrogens with zero attached hydrogens (tertiary/aromatic N) is 1. The van der Waals surface area contributed by atoms with E-state index in [2.05, 4.69) is 54.1 Å². The molecule has 0 bridgehead atoms. The van der Waals surface area contributed by atoms with Crippen molar-refractivity contribution in [2.75, 3.05) is 26.5 Å². The van der Waals surface area contributed by atoms with Crippen LogP contribution < -0.4 is 20.7 Å². The molecular formula is C29H32N4O3. The molecule has 1 aliphatic heterocycles. The zero-order valence-corrected chi connectivity index (χ0v) is 21.5. The summed E-state index contributed by atoms with van der Waals surface area (Å²) < 4.78 is 5.67. The van der Waals surface area contributed by atoms with Gasteiger partial charge in [0.05, 0.1) is 7.11 Å². The third kappa shape index (κ3) is 4.91. The highest BCUT2D eigenvalue weighted by molar-refractivity contribution is 6.05. The topological polar surface area (TPSA) is 82.7 Å². The summed E-state index contributed by atoms with van der Waals surface area (Å²) in [6.45, 7) is 6.05. The van der Waals surface area contributed by atoms with E-state index in [9.17, 15) is 9.59 Å². The van der Waals surface area contributed by atoms with Gasteiger partial charge in [-0.15, -0.1) is 0 Å². The van der Waals surface area contributed by atoms with Crippen LogP contribution >= 0.6 is 0 Å². The number of nitrogens with one attached hydrogen (secondary N) is 3. The first-order chi connectivity index (χ1) is 17.2. The molecule has 3 aromatic carbocycles. The van der Waals surface area contributed by atoms with Crippen molar-refractivity contribution in [2.24, 2.45) is 0 Å². The van der Waals surface area contributed by atoms with Gasteiger partial charge in [-0.2, -0.15) is 0 Å². The fraction of sp³-hybridized carbons (Fsp3) is 0.241. The molecule has 1 aliphatic rings. The third-order valence-corrected chi connectivity index (χ3v) is 6.33. The van der Waals surface area contributed by atoms with Gasteiger partial charge < -0.3 is 25.6 Å². The molecule has 0 spiro atoms. The van der Waals surface area contributed by atoms with Crippen LogP contribution in [0.1, 0.15) is 40.1 Å². The van der Waals surface area contributed by atoms with Gasteiger partial charge in [-0.25, -0.2) is 0 Å². The molecule has 0 radical (unpaired) electrons. The Bertz CT molecular complexity index is 1340. The van der Waals surface area contributed by atoms with Crippen molar-refractivity contribution >= 4 is 17.5 Å². The minimum Gasteiger partial charge on any atom is -0.496 e. The van der Waals surface area contributed by atoms with Crippen molar-refractivity contribution in [1.82, 2.24) is 15.5 Å². The van der Waals surface area contributed by atoms with Crippen LogP contribution in [0.3, 0.4) is 0 Å². The molecule has 186 valence electrons. The van der Waals surface area contributed by atoms with E-state index < -0.39 is 0 Å². The molecule has 0 saturated heterocycles. The lowest BCUT2D eigenvalue weighted by molar-refractivity contribution is -0.113. The van der Waals surface area contributed by atoms with E-state index in [4.69, 9.17) is 4.74 Å². The Balaban J connectivity index is 1.56. The maximum atomic E-state index is 13.1. The second kappa shape index (κ2) is 10.2. The second-order valence-electron chi connectivity index (χ2n) is 9.18. The normalized spacial score (nSPS) is 14.7. The van der Waals surface area contributed by atoms with Crippen LogP contribution in [0, 0.1) is 13.8 Å². The van der Waals surface area contributed by atoms with Crippen molar-refractivity contribution in [3.63, 3.8) is 0 Å². The second-order valence-corrected chi connectivity index (χ2v) is 9.18. The number of methoxy groups -OCH3 is 1. The first kappa shape index (κ1) is 24.9. The van der Waals surface area contributed by atoms with Crippen LogP contribution in [-0.2, 0) is 4.79 Å². The average molecular weight is 485 g/mol. The van der Waals surface area contributed by atoms with Crippen molar-refractivity contribution in [3.8, 4) is 16.9 Å². The summed E-state index contributed by atoms with van der Waals surface area (Å²) in [6.07, 6.45) is -0.276. The van der Waals surface area contributed by atoms with Gasteiger partial charge in [0.1, 0.15) is 17.6 Å². The van der Waals surface area contributed by atoms with E-state index >= 15 is 0 Å². The molecule has 0 aromatic heterocycles. The van der Waals surface area contributed by atoms with Crippen LogP contribution in [0.2, 0.25) is 0 Å². The van der Waals surface area contributed by atoms with Gasteiger partial charge in [0, 0.05) is 36.6 Å². The van der Waals surface area contributed by atoms with E-state index in [-0.39, 0.29) is 18.0 Å². The highest BCUT2D eigenvalue weighted by atomic mass is 16.5. The van der Waals surface area contributed by atoms with Crippen molar-refractivity contribution in [1.29, 1.82) is 0 Å². The Morgan fingerprint density at radius 2 is 1.61 bits per heavy atom. The van der Waals surface area contributed by atoms with Gasteiger partial charge >= 0.3 is 0 Å². The highest BCUT2D eigenvalue weighted by Gasteiger charge is 2.27. The lowest BCUT2D eigenvalue weighted by atomic mass is 9.93. The summed E-state index contributed by atoms with van der Waals surface area (Å²) in [6, 6.07) is 19.2. The van der Waals surface area contributed by atoms with Gasteiger partial charge in [0.15, 0.2) is 0 Å². The van der Waals surface area contributed by atoms with Crippen molar-refractivity contribution in [3.05, 3.63) is 94.3 Å². The number of aryl methyl sites for hydroxylation is 2. The lowest BCUT2D eigenvalue weighted by Crippen LogP contribution is -2.27. The molecule has 0 fully saturated rings. The molecule has 2 amide bonds. The van der Waals surface area contributed by atoms with E-state index in [1.807, 2.05) is 19.1 Å². The number of ether oxygens (including phenoxy) is 1. The number of rotatable bonds is 6. The van der Waals surface area contributed by atoms with Crippen LogP contribution in [0.25, 0.3) is 11.1 Å². The van der Waals surface area contributed by atoms with E-state index in [0.29, 0.717) is 16.9 Å². The standard InChI is InChI=1S/C29H32N4O3/c1-17-9-7-10-18(2)25(17)23-16-20(13-14-24(23)36-6)27-30-19(3)26(32-27)28(34)31-22-12-8-11-21(15-22)29(35)33(4)5/h7-16,27,30,32H,1-6H3,(H,31,34). The van der Waals surface area contributed by atoms with E-state index in [1.165, 1.54) is 16.0 Å². The number of benzene rings is 3. The van der Waals surface area contributed by atoms with E-state index in [1.54, 1.807) is 45.5 Å². The summed E-state index contributed by atoms with van der Waals surface area (Å²) in [5.41, 5.74) is 7.72. The average Bonchev–Trinajstić information content (AvgIpc) is 3.25. The van der Waals surface area contributed by atoms with Crippen molar-refractivity contribution < 1.29 is 14.3 Å². The predicted octanol–water partition coefficient (Wildman–Crippen LogP) is 4.74. The molecular weight excluding hydrogens is 452 g/mol. The number of anilines is 1. The number of hydrogen-bond acceptors (Lipinski definition) is 5. The summed E-state index contributed by atoms with van der Waals surface area (Å²) in [5, 5.41) is 9.60. The van der Waals surface area contributed by atoms with E-state index in [0.717, 1.165) is 28.1 Å². The summed E-state index contributed by atoms with van der Waals surface area (Å²) in [4.78, 5) is 26.9. The molecule has 36 heavy (non-hydrogen) atoms. The Hall–Kier alpha value is -4.26. The van der Waals surface area contributed by atoms with Gasteiger partial charge in [-0.1, -0.05) is 30.3 Å². The maximum absolute atomic E-state index is 13.1. The fourth-order valence-electron chi connectivity index (χ4n) is 4.50. The molecule has 1 unspecified atom stereocenters. The Kier molecular flexibility index (Phi) is 7.01. The number of hydrogen-bond donors (Lipinski definition) is 3.